The third-order valence-corrected chi connectivity index (χ3v) is 4.42. The Labute approximate surface area is 164 Å². The van der Waals surface area contributed by atoms with Gasteiger partial charge in [0.15, 0.2) is 0 Å². The molecule has 1 amide bonds. The summed E-state index contributed by atoms with van der Waals surface area (Å²) in [6.45, 7) is 4.95. The average Bonchev–Trinajstić information content (AvgIpc) is 3.13. The SMILES string of the molecule is COCc1cccc(CNC(=O)c2cnn(-c3ccc(F)cc3)c2C(C)C)c1. The Morgan fingerprint density at radius 2 is 1.89 bits per heavy atom. The lowest BCUT2D eigenvalue weighted by Crippen LogP contribution is -2.24. The number of hydrogen-bond donors (Lipinski definition) is 1. The lowest BCUT2D eigenvalue weighted by molar-refractivity contribution is 0.0949. The van der Waals surface area contributed by atoms with Gasteiger partial charge in [0.1, 0.15) is 5.82 Å². The molecular formula is C22H24FN3O2. The van der Waals surface area contributed by atoms with Crippen molar-refractivity contribution in [3.63, 3.8) is 0 Å². The molecule has 1 aromatic heterocycles. The van der Waals surface area contributed by atoms with Crippen LogP contribution < -0.4 is 5.32 Å². The molecule has 0 unspecified atom stereocenters. The van der Waals surface area contributed by atoms with Crippen molar-refractivity contribution in [3.05, 3.63) is 82.9 Å². The van der Waals surface area contributed by atoms with Crippen molar-refractivity contribution in [1.82, 2.24) is 15.1 Å². The van der Waals surface area contributed by atoms with Crippen molar-refractivity contribution < 1.29 is 13.9 Å². The zero-order valence-corrected chi connectivity index (χ0v) is 16.3. The fourth-order valence-corrected chi connectivity index (χ4v) is 3.15. The second-order valence-corrected chi connectivity index (χ2v) is 6.92. The van der Waals surface area contributed by atoms with Gasteiger partial charge < -0.3 is 10.1 Å². The number of nitrogens with one attached hydrogen (secondary N) is 1. The van der Waals surface area contributed by atoms with E-state index in [1.165, 1.54) is 12.1 Å². The van der Waals surface area contributed by atoms with Gasteiger partial charge in [-0.05, 0) is 41.3 Å². The van der Waals surface area contributed by atoms with E-state index >= 15 is 0 Å². The Bertz CT molecular complexity index is 949. The molecule has 0 radical (unpaired) electrons. The molecule has 2 aromatic carbocycles. The molecule has 5 nitrogen and oxygen atoms in total. The van der Waals surface area contributed by atoms with Crippen LogP contribution in [0.15, 0.2) is 54.7 Å². The van der Waals surface area contributed by atoms with E-state index in [0.717, 1.165) is 22.5 Å². The highest BCUT2D eigenvalue weighted by atomic mass is 19.1. The van der Waals surface area contributed by atoms with Crippen LogP contribution in [0.4, 0.5) is 4.39 Å². The van der Waals surface area contributed by atoms with Gasteiger partial charge in [-0.1, -0.05) is 38.1 Å². The van der Waals surface area contributed by atoms with Crippen molar-refractivity contribution in [3.8, 4) is 5.69 Å². The molecule has 0 aliphatic rings. The molecular weight excluding hydrogens is 357 g/mol. The number of aromatic nitrogens is 2. The molecule has 3 aromatic rings. The van der Waals surface area contributed by atoms with Crippen molar-refractivity contribution in [2.24, 2.45) is 0 Å². The number of methoxy groups -OCH3 is 1. The predicted octanol–water partition coefficient (Wildman–Crippen LogP) is 4.21. The lowest BCUT2D eigenvalue weighted by atomic mass is 10.0. The zero-order chi connectivity index (χ0) is 20.1. The number of benzene rings is 2. The van der Waals surface area contributed by atoms with Crippen LogP contribution in [0, 0.1) is 5.82 Å². The molecule has 0 spiro atoms. The average molecular weight is 381 g/mol. The minimum absolute atomic E-state index is 0.0679. The third kappa shape index (κ3) is 4.46. The molecule has 0 bridgehead atoms. The van der Waals surface area contributed by atoms with Crippen LogP contribution in [0.1, 0.15) is 46.9 Å². The summed E-state index contributed by atoms with van der Waals surface area (Å²) in [4.78, 5) is 12.8. The largest absolute Gasteiger partial charge is 0.380 e. The van der Waals surface area contributed by atoms with Crippen LogP contribution in [0.2, 0.25) is 0 Å². The predicted molar refractivity (Wildman–Crippen MR) is 106 cm³/mol. The fraction of sp³-hybridized carbons (Fsp3) is 0.273. The van der Waals surface area contributed by atoms with Gasteiger partial charge in [0.25, 0.3) is 5.91 Å². The fourth-order valence-electron chi connectivity index (χ4n) is 3.15. The molecule has 28 heavy (non-hydrogen) atoms. The van der Waals surface area contributed by atoms with Gasteiger partial charge in [-0.25, -0.2) is 9.07 Å². The Morgan fingerprint density at radius 1 is 1.18 bits per heavy atom. The minimum atomic E-state index is -0.310. The van der Waals surface area contributed by atoms with Crippen LogP contribution in [0.3, 0.4) is 0 Å². The first-order valence-electron chi connectivity index (χ1n) is 9.18. The topological polar surface area (TPSA) is 56.1 Å². The number of rotatable bonds is 7. The summed E-state index contributed by atoms with van der Waals surface area (Å²) in [5, 5.41) is 7.33. The Hall–Kier alpha value is -2.99. The highest BCUT2D eigenvalue weighted by molar-refractivity contribution is 5.95. The molecule has 0 fully saturated rings. The van der Waals surface area contributed by atoms with Gasteiger partial charge in [-0.15, -0.1) is 0 Å². The summed E-state index contributed by atoms with van der Waals surface area (Å²) in [5.41, 5.74) is 4.09. The molecule has 0 atom stereocenters. The number of hydrogen-bond acceptors (Lipinski definition) is 3. The number of nitrogens with zero attached hydrogens (tertiary/aromatic N) is 2. The summed E-state index contributed by atoms with van der Waals surface area (Å²) < 4.78 is 20.1. The maximum atomic E-state index is 13.2. The van der Waals surface area contributed by atoms with Crippen LogP contribution >= 0.6 is 0 Å². The smallest absolute Gasteiger partial charge is 0.255 e. The van der Waals surface area contributed by atoms with E-state index in [-0.39, 0.29) is 17.6 Å². The first kappa shape index (κ1) is 19.8. The molecule has 146 valence electrons. The van der Waals surface area contributed by atoms with Crippen LogP contribution in [-0.2, 0) is 17.9 Å². The van der Waals surface area contributed by atoms with Gasteiger partial charge in [0.05, 0.1) is 29.7 Å². The molecule has 6 heteroatoms. The molecule has 0 saturated heterocycles. The number of amides is 1. The highest BCUT2D eigenvalue weighted by Crippen LogP contribution is 2.23. The van der Waals surface area contributed by atoms with Crippen molar-refractivity contribution >= 4 is 5.91 Å². The van der Waals surface area contributed by atoms with Gasteiger partial charge in [-0.2, -0.15) is 5.10 Å². The van der Waals surface area contributed by atoms with Crippen molar-refractivity contribution in [2.75, 3.05) is 7.11 Å². The quantitative estimate of drug-likeness (QED) is 0.667. The van der Waals surface area contributed by atoms with Crippen molar-refractivity contribution in [2.45, 2.75) is 32.9 Å². The van der Waals surface area contributed by atoms with Gasteiger partial charge in [0, 0.05) is 13.7 Å². The van der Waals surface area contributed by atoms with Crippen molar-refractivity contribution in [1.29, 1.82) is 0 Å². The minimum Gasteiger partial charge on any atom is -0.380 e. The number of carbonyl (C=O) groups is 1. The lowest BCUT2D eigenvalue weighted by Gasteiger charge is -2.13. The maximum absolute atomic E-state index is 13.2. The first-order chi connectivity index (χ1) is 13.5. The molecule has 3 rings (SSSR count). The van der Waals surface area contributed by atoms with Gasteiger partial charge >= 0.3 is 0 Å². The van der Waals surface area contributed by atoms with E-state index < -0.39 is 0 Å². The van der Waals surface area contributed by atoms with E-state index in [9.17, 15) is 9.18 Å². The van der Waals surface area contributed by atoms with Gasteiger partial charge in [0.2, 0.25) is 0 Å². The normalized spacial score (nSPS) is 11.0. The Kier molecular flexibility index (Phi) is 6.21. The number of halogens is 1. The first-order valence-corrected chi connectivity index (χ1v) is 9.18. The Balaban J connectivity index is 1.80. The number of carbonyl (C=O) groups excluding carboxylic acids is 1. The van der Waals surface area contributed by atoms with Crippen LogP contribution in [0.5, 0.6) is 0 Å². The third-order valence-electron chi connectivity index (χ3n) is 4.42. The molecule has 1 N–H and O–H groups in total. The van der Waals surface area contributed by atoms with E-state index in [4.69, 9.17) is 4.74 Å². The van der Waals surface area contributed by atoms with E-state index in [0.29, 0.717) is 18.7 Å². The summed E-state index contributed by atoms with van der Waals surface area (Å²) in [5.74, 6) is -0.428. The molecule has 1 heterocycles. The summed E-state index contributed by atoms with van der Waals surface area (Å²) >= 11 is 0. The molecule has 0 saturated carbocycles. The molecule has 0 aliphatic heterocycles. The highest BCUT2D eigenvalue weighted by Gasteiger charge is 2.20. The van der Waals surface area contributed by atoms with E-state index in [1.807, 2.05) is 38.1 Å². The summed E-state index contributed by atoms with van der Waals surface area (Å²) in [6.07, 6.45) is 1.56. The van der Waals surface area contributed by atoms with Gasteiger partial charge in [-0.3, -0.25) is 4.79 Å². The summed E-state index contributed by atoms with van der Waals surface area (Å²) in [7, 11) is 1.65. The maximum Gasteiger partial charge on any atom is 0.255 e. The van der Waals surface area contributed by atoms with Crippen LogP contribution in [0.25, 0.3) is 5.69 Å². The summed E-state index contributed by atoms with van der Waals surface area (Å²) in [6, 6.07) is 14.0. The molecule has 0 aliphatic carbocycles. The second kappa shape index (κ2) is 8.80. The van der Waals surface area contributed by atoms with Crippen LogP contribution in [-0.4, -0.2) is 22.8 Å². The standard InChI is InChI=1S/C22H24FN3O2/c1-15(2)21-20(13-25-26(21)19-9-7-18(23)8-10-19)22(27)24-12-16-5-4-6-17(11-16)14-28-3/h4-11,13,15H,12,14H2,1-3H3,(H,24,27). The second-order valence-electron chi connectivity index (χ2n) is 6.92. The number of ether oxygens (including phenoxy) is 1. The Morgan fingerprint density at radius 3 is 2.57 bits per heavy atom. The zero-order valence-electron chi connectivity index (χ0n) is 16.3. The van der Waals surface area contributed by atoms with E-state index in [2.05, 4.69) is 10.4 Å². The monoisotopic (exact) mass is 381 g/mol. The van der Waals surface area contributed by atoms with E-state index in [1.54, 1.807) is 30.1 Å².